The van der Waals surface area contributed by atoms with Crippen LogP contribution in [0.4, 0.5) is 5.69 Å². The third-order valence-corrected chi connectivity index (χ3v) is 3.19. The van der Waals surface area contributed by atoms with Crippen LogP contribution in [0, 0.1) is 6.92 Å². The van der Waals surface area contributed by atoms with Gasteiger partial charge in [-0.1, -0.05) is 23.7 Å². The van der Waals surface area contributed by atoms with E-state index in [1.165, 1.54) is 5.56 Å². The molecule has 0 saturated heterocycles. The number of hydrogen-bond acceptors (Lipinski definition) is 2. The molecule has 0 unspecified atom stereocenters. The van der Waals surface area contributed by atoms with Crippen molar-refractivity contribution in [2.45, 2.75) is 19.8 Å². The van der Waals surface area contributed by atoms with Gasteiger partial charge in [0.15, 0.2) is 0 Å². The number of rotatable bonds is 5. The van der Waals surface area contributed by atoms with Gasteiger partial charge < -0.3 is 10.5 Å². The zero-order valence-electron chi connectivity index (χ0n) is 11.0. The maximum Gasteiger partial charge on any atom is 0.122 e. The highest BCUT2D eigenvalue weighted by atomic mass is 35.5. The number of anilines is 1. The summed E-state index contributed by atoms with van der Waals surface area (Å²) in [7, 11) is 0. The molecule has 2 N–H and O–H groups in total. The van der Waals surface area contributed by atoms with E-state index in [-0.39, 0.29) is 0 Å². The molecule has 0 aliphatic heterocycles. The average molecular weight is 276 g/mol. The highest BCUT2D eigenvalue weighted by molar-refractivity contribution is 6.30. The van der Waals surface area contributed by atoms with Crippen molar-refractivity contribution in [1.29, 1.82) is 0 Å². The van der Waals surface area contributed by atoms with Crippen LogP contribution in [0.25, 0.3) is 0 Å². The number of hydrogen-bond donors (Lipinski definition) is 1. The molecule has 2 rings (SSSR count). The van der Waals surface area contributed by atoms with Crippen molar-refractivity contribution in [3.63, 3.8) is 0 Å². The third-order valence-electron chi connectivity index (χ3n) is 2.96. The number of aryl methyl sites for hydroxylation is 2. The van der Waals surface area contributed by atoms with Crippen molar-refractivity contribution >= 4 is 17.3 Å². The van der Waals surface area contributed by atoms with Gasteiger partial charge in [0, 0.05) is 10.7 Å². The molecule has 0 fully saturated rings. The minimum Gasteiger partial charge on any atom is -0.493 e. The van der Waals surface area contributed by atoms with E-state index in [1.807, 2.05) is 43.3 Å². The van der Waals surface area contributed by atoms with Crippen molar-refractivity contribution in [3.8, 4) is 5.75 Å². The van der Waals surface area contributed by atoms with Crippen molar-refractivity contribution in [2.24, 2.45) is 0 Å². The summed E-state index contributed by atoms with van der Waals surface area (Å²) in [6, 6.07) is 13.7. The molecular weight excluding hydrogens is 258 g/mol. The molecule has 19 heavy (non-hydrogen) atoms. The van der Waals surface area contributed by atoms with Crippen LogP contribution in [-0.4, -0.2) is 6.61 Å². The first-order chi connectivity index (χ1) is 9.15. The Morgan fingerprint density at radius 3 is 2.74 bits per heavy atom. The largest absolute Gasteiger partial charge is 0.493 e. The van der Waals surface area contributed by atoms with Gasteiger partial charge in [-0.2, -0.15) is 0 Å². The molecule has 2 aromatic rings. The Balaban J connectivity index is 1.81. The zero-order chi connectivity index (χ0) is 13.7. The molecule has 0 amide bonds. The molecule has 3 heteroatoms. The summed E-state index contributed by atoms with van der Waals surface area (Å²) in [6.07, 6.45) is 1.93. The Morgan fingerprint density at radius 1 is 1.16 bits per heavy atom. The third kappa shape index (κ3) is 4.18. The molecule has 2 nitrogen and oxygen atoms in total. The number of nitrogens with two attached hydrogens (primary N) is 1. The lowest BCUT2D eigenvalue weighted by Crippen LogP contribution is -2.01. The van der Waals surface area contributed by atoms with Gasteiger partial charge in [-0.05, 0) is 61.2 Å². The molecule has 0 spiro atoms. The van der Waals surface area contributed by atoms with Crippen LogP contribution >= 0.6 is 11.6 Å². The normalized spacial score (nSPS) is 10.4. The first-order valence-electron chi connectivity index (χ1n) is 6.38. The molecule has 2 aromatic carbocycles. The Labute approximate surface area is 119 Å². The molecular formula is C16H18ClNO. The summed E-state index contributed by atoms with van der Waals surface area (Å²) >= 11 is 5.91. The van der Waals surface area contributed by atoms with Gasteiger partial charge in [0.1, 0.15) is 5.75 Å². The zero-order valence-corrected chi connectivity index (χ0v) is 11.8. The maximum absolute atomic E-state index is 5.91. The molecule has 0 bridgehead atoms. The van der Waals surface area contributed by atoms with Crippen LogP contribution in [-0.2, 0) is 6.42 Å². The quantitative estimate of drug-likeness (QED) is 0.654. The van der Waals surface area contributed by atoms with Crippen molar-refractivity contribution in [1.82, 2.24) is 0 Å². The van der Waals surface area contributed by atoms with E-state index in [1.54, 1.807) is 0 Å². The monoisotopic (exact) mass is 275 g/mol. The summed E-state index contributed by atoms with van der Waals surface area (Å²) in [6.45, 7) is 2.69. The SMILES string of the molecule is Cc1cc(Cl)ccc1OCCCc1cccc(N)c1. The van der Waals surface area contributed by atoms with E-state index in [4.69, 9.17) is 22.1 Å². The predicted molar refractivity (Wildman–Crippen MR) is 80.9 cm³/mol. The molecule has 100 valence electrons. The molecule has 0 atom stereocenters. The number of ether oxygens (including phenoxy) is 1. The summed E-state index contributed by atoms with van der Waals surface area (Å²) in [5, 5.41) is 0.740. The van der Waals surface area contributed by atoms with Crippen molar-refractivity contribution < 1.29 is 4.74 Å². The van der Waals surface area contributed by atoms with E-state index in [2.05, 4.69) is 6.07 Å². The second kappa shape index (κ2) is 6.48. The summed E-state index contributed by atoms with van der Waals surface area (Å²) < 4.78 is 5.75. The first-order valence-corrected chi connectivity index (χ1v) is 6.76. The van der Waals surface area contributed by atoms with Crippen LogP contribution < -0.4 is 10.5 Å². The van der Waals surface area contributed by atoms with Crippen molar-refractivity contribution in [2.75, 3.05) is 12.3 Å². The van der Waals surface area contributed by atoms with Gasteiger partial charge in [0.2, 0.25) is 0 Å². The molecule has 0 heterocycles. The van der Waals surface area contributed by atoms with Gasteiger partial charge in [-0.3, -0.25) is 0 Å². The van der Waals surface area contributed by atoms with Crippen LogP contribution in [0.15, 0.2) is 42.5 Å². The number of halogens is 1. The lowest BCUT2D eigenvalue weighted by Gasteiger charge is -2.09. The van der Waals surface area contributed by atoms with E-state index < -0.39 is 0 Å². The summed E-state index contributed by atoms with van der Waals surface area (Å²) in [5.74, 6) is 0.900. The van der Waals surface area contributed by atoms with Gasteiger partial charge >= 0.3 is 0 Å². The van der Waals surface area contributed by atoms with Crippen LogP contribution in [0.3, 0.4) is 0 Å². The average Bonchev–Trinajstić information content (AvgIpc) is 2.37. The fourth-order valence-electron chi connectivity index (χ4n) is 1.98. The molecule has 0 aliphatic rings. The van der Waals surface area contributed by atoms with E-state index in [9.17, 15) is 0 Å². The maximum atomic E-state index is 5.91. The Kier molecular flexibility index (Phi) is 4.69. The molecule has 0 radical (unpaired) electrons. The molecule has 0 saturated carbocycles. The van der Waals surface area contributed by atoms with E-state index in [0.717, 1.165) is 34.9 Å². The van der Waals surface area contributed by atoms with Crippen LogP contribution in [0.2, 0.25) is 5.02 Å². The molecule has 0 aliphatic carbocycles. The summed E-state index contributed by atoms with van der Waals surface area (Å²) in [5.41, 5.74) is 8.87. The van der Waals surface area contributed by atoms with Gasteiger partial charge in [0.05, 0.1) is 6.61 Å². The van der Waals surface area contributed by atoms with E-state index >= 15 is 0 Å². The lowest BCUT2D eigenvalue weighted by atomic mass is 10.1. The Bertz CT molecular complexity index is 554. The van der Waals surface area contributed by atoms with E-state index in [0.29, 0.717) is 6.61 Å². The highest BCUT2D eigenvalue weighted by Crippen LogP contribution is 2.22. The molecule has 0 aromatic heterocycles. The minimum atomic E-state index is 0.692. The Hall–Kier alpha value is -1.67. The van der Waals surface area contributed by atoms with Gasteiger partial charge in [-0.15, -0.1) is 0 Å². The lowest BCUT2D eigenvalue weighted by molar-refractivity contribution is 0.309. The fourth-order valence-corrected chi connectivity index (χ4v) is 2.21. The minimum absolute atomic E-state index is 0.692. The topological polar surface area (TPSA) is 35.2 Å². The van der Waals surface area contributed by atoms with Crippen molar-refractivity contribution in [3.05, 3.63) is 58.6 Å². The van der Waals surface area contributed by atoms with Crippen LogP contribution in [0.5, 0.6) is 5.75 Å². The highest BCUT2D eigenvalue weighted by Gasteiger charge is 2.00. The summed E-state index contributed by atoms with van der Waals surface area (Å²) in [4.78, 5) is 0. The number of nitrogen functional groups attached to an aromatic ring is 1. The van der Waals surface area contributed by atoms with Gasteiger partial charge in [0.25, 0.3) is 0 Å². The smallest absolute Gasteiger partial charge is 0.122 e. The second-order valence-electron chi connectivity index (χ2n) is 4.61. The van der Waals surface area contributed by atoms with Gasteiger partial charge in [-0.25, -0.2) is 0 Å². The predicted octanol–water partition coefficient (Wildman–Crippen LogP) is 4.24. The van der Waals surface area contributed by atoms with Crippen LogP contribution in [0.1, 0.15) is 17.5 Å². The first kappa shape index (κ1) is 13.8. The fraction of sp³-hybridized carbons (Fsp3) is 0.250. The standard InChI is InChI=1S/C16H18ClNO/c1-12-10-14(17)7-8-16(12)19-9-3-5-13-4-2-6-15(18)11-13/h2,4,6-8,10-11H,3,5,9,18H2,1H3. The second-order valence-corrected chi connectivity index (χ2v) is 5.04. The number of benzene rings is 2. The Morgan fingerprint density at radius 2 is 2.00 bits per heavy atom.